The molecule has 3 N–H and O–H groups in total. The highest BCUT2D eigenvalue weighted by Gasteiger charge is 2.06. The molecule has 116 valence electrons. The van der Waals surface area contributed by atoms with Gasteiger partial charge in [0.1, 0.15) is 11.5 Å². The zero-order chi connectivity index (χ0) is 16.8. The summed E-state index contributed by atoms with van der Waals surface area (Å²) in [5.74, 6) is -1.61. The van der Waals surface area contributed by atoms with Gasteiger partial charge in [-0.15, -0.1) is 0 Å². The van der Waals surface area contributed by atoms with Gasteiger partial charge in [-0.25, -0.2) is 4.79 Å². The highest BCUT2D eigenvalue weighted by molar-refractivity contribution is 6.07. The van der Waals surface area contributed by atoms with Crippen molar-refractivity contribution in [3.05, 3.63) is 71.3 Å². The van der Waals surface area contributed by atoms with E-state index >= 15 is 0 Å². The number of benzene rings is 2. The fraction of sp³-hybridized carbons (Fsp3) is 0. The van der Waals surface area contributed by atoms with Crippen molar-refractivity contribution in [2.75, 3.05) is 0 Å². The molecule has 0 saturated heterocycles. The maximum Gasteiger partial charge on any atom is 0.328 e. The molecule has 0 aromatic heterocycles. The number of hydrogen-bond acceptors (Lipinski definition) is 4. The van der Waals surface area contributed by atoms with Crippen molar-refractivity contribution in [1.82, 2.24) is 0 Å². The van der Waals surface area contributed by atoms with Crippen LogP contribution in [0.25, 0.3) is 12.2 Å². The summed E-state index contributed by atoms with van der Waals surface area (Å²) in [7, 11) is 0. The lowest BCUT2D eigenvalue weighted by Gasteiger charge is -2.02. The summed E-state index contributed by atoms with van der Waals surface area (Å²) in [5, 5.41) is 28.0. The van der Waals surface area contributed by atoms with E-state index in [2.05, 4.69) is 0 Å². The molecule has 0 aliphatic heterocycles. The molecule has 0 bridgehead atoms. The van der Waals surface area contributed by atoms with Gasteiger partial charge in [-0.2, -0.15) is 0 Å². The summed E-state index contributed by atoms with van der Waals surface area (Å²) in [6.45, 7) is 0. The molecule has 2 aromatic carbocycles. The number of carbonyl (C=O) groups is 2. The molecule has 0 spiro atoms. The van der Waals surface area contributed by atoms with E-state index in [0.29, 0.717) is 11.1 Å². The van der Waals surface area contributed by atoms with Gasteiger partial charge in [-0.05, 0) is 30.4 Å². The van der Waals surface area contributed by atoms with Crippen LogP contribution < -0.4 is 0 Å². The first-order valence-corrected chi connectivity index (χ1v) is 6.72. The predicted molar refractivity (Wildman–Crippen MR) is 86.2 cm³/mol. The quantitative estimate of drug-likeness (QED) is 0.582. The van der Waals surface area contributed by atoms with E-state index in [1.807, 2.05) is 0 Å². The van der Waals surface area contributed by atoms with Crippen molar-refractivity contribution in [2.45, 2.75) is 0 Å². The number of rotatable bonds is 5. The Morgan fingerprint density at radius 2 is 1.48 bits per heavy atom. The van der Waals surface area contributed by atoms with Crippen LogP contribution in [0.15, 0.2) is 54.6 Å². The molecule has 0 radical (unpaired) electrons. The molecule has 23 heavy (non-hydrogen) atoms. The van der Waals surface area contributed by atoms with Crippen molar-refractivity contribution < 1.29 is 24.9 Å². The van der Waals surface area contributed by atoms with E-state index < -0.39 is 5.97 Å². The van der Waals surface area contributed by atoms with Crippen LogP contribution in [-0.2, 0) is 4.79 Å². The Bertz CT molecular complexity index is 803. The number of aromatic hydroxyl groups is 2. The second kappa shape index (κ2) is 7.09. The summed E-state index contributed by atoms with van der Waals surface area (Å²) >= 11 is 0. The summed E-state index contributed by atoms with van der Waals surface area (Å²) in [6, 6.07) is 10.8. The van der Waals surface area contributed by atoms with E-state index in [9.17, 15) is 19.8 Å². The molecular weight excluding hydrogens is 296 g/mol. The molecular formula is C18H14O5. The lowest BCUT2D eigenvalue weighted by atomic mass is 10.1. The molecule has 0 aliphatic rings. The van der Waals surface area contributed by atoms with E-state index in [1.165, 1.54) is 42.5 Å². The predicted octanol–water partition coefficient (Wildman–Crippen LogP) is 3.09. The standard InChI is InChI=1S/C18H14O5/c19-15-4-2-1-3-12(15)7-9-16(20)14-6-5-13(17(21)11-14)8-10-18(22)23/h1-11,19,21H,(H,22,23). The molecule has 2 aromatic rings. The summed E-state index contributed by atoms with van der Waals surface area (Å²) in [4.78, 5) is 22.5. The molecule has 0 aliphatic carbocycles. The normalized spacial score (nSPS) is 11.1. The molecule has 2 rings (SSSR count). The number of ketones is 1. The minimum Gasteiger partial charge on any atom is -0.507 e. The van der Waals surface area contributed by atoms with Crippen molar-refractivity contribution in [3.63, 3.8) is 0 Å². The van der Waals surface area contributed by atoms with Crippen molar-refractivity contribution in [3.8, 4) is 11.5 Å². The molecule has 0 atom stereocenters. The first-order chi connectivity index (χ1) is 11.0. The van der Waals surface area contributed by atoms with Crippen LogP contribution in [-0.4, -0.2) is 27.1 Å². The van der Waals surface area contributed by atoms with E-state index in [1.54, 1.807) is 18.2 Å². The van der Waals surface area contributed by atoms with Crippen molar-refractivity contribution >= 4 is 23.9 Å². The largest absolute Gasteiger partial charge is 0.507 e. The third-order valence-corrected chi connectivity index (χ3v) is 3.07. The van der Waals surface area contributed by atoms with Gasteiger partial charge in [-0.3, -0.25) is 4.79 Å². The Labute approximate surface area is 132 Å². The fourth-order valence-corrected chi connectivity index (χ4v) is 1.89. The van der Waals surface area contributed by atoms with Gasteiger partial charge in [0.05, 0.1) is 0 Å². The number of hydrogen-bond donors (Lipinski definition) is 3. The van der Waals surface area contributed by atoms with Crippen molar-refractivity contribution in [1.29, 1.82) is 0 Å². The number of para-hydroxylation sites is 1. The average Bonchev–Trinajstić information content (AvgIpc) is 2.52. The number of phenols is 2. The van der Waals surface area contributed by atoms with Gasteiger partial charge < -0.3 is 15.3 Å². The van der Waals surface area contributed by atoms with Gasteiger partial charge in [0, 0.05) is 22.8 Å². The summed E-state index contributed by atoms with van der Waals surface area (Å²) < 4.78 is 0. The summed E-state index contributed by atoms with van der Waals surface area (Å²) in [6.07, 6.45) is 4.90. The summed E-state index contributed by atoms with van der Waals surface area (Å²) in [5.41, 5.74) is 1.06. The Balaban J connectivity index is 2.19. The minimum atomic E-state index is -1.13. The van der Waals surface area contributed by atoms with Crippen LogP contribution in [0, 0.1) is 0 Å². The first-order valence-electron chi connectivity index (χ1n) is 6.72. The monoisotopic (exact) mass is 310 g/mol. The zero-order valence-corrected chi connectivity index (χ0v) is 12.0. The van der Waals surface area contributed by atoms with Crippen LogP contribution in [0.2, 0.25) is 0 Å². The van der Waals surface area contributed by atoms with E-state index in [0.717, 1.165) is 6.08 Å². The molecule has 0 unspecified atom stereocenters. The number of carboxylic acid groups (broad SMARTS) is 1. The maximum absolute atomic E-state index is 12.1. The van der Waals surface area contributed by atoms with Gasteiger partial charge >= 0.3 is 5.97 Å². The van der Waals surface area contributed by atoms with Crippen LogP contribution in [0.3, 0.4) is 0 Å². The number of allylic oxidation sites excluding steroid dienone is 1. The highest BCUT2D eigenvalue weighted by Crippen LogP contribution is 2.22. The van der Waals surface area contributed by atoms with Gasteiger partial charge in [-0.1, -0.05) is 30.3 Å². The molecule has 0 fully saturated rings. The topological polar surface area (TPSA) is 94.8 Å². The third-order valence-electron chi connectivity index (χ3n) is 3.07. The number of carboxylic acids is 1. The number of phenolic OH excluding ortho intramolecular Hbond substituents is 2. The van der Waals surface area contributed by atoms with E-state index in [4.69, 9.17) is 5.11 Å². The molecule has 5 heteroatoms. The van der Waals surface area contributed by atoms with Gasteiger partial charge in [0.25, 0.3) is 0 Å². The van der Waals surface area contributed by atoms with Crippen LogP contribution in [0.4, 0.5) is 0 Å². The van der Waals surface area contributed by atoms with Crippen molar-refractivity contribution in [2.24, 2.45) is 0 Å². The lowest BCUT2D eigenvalue weighted by Crippen LogP contribution is -1.94. The van der Waals surface area contributed by atoms with Gasteiger partial charge in [0.2, 0.25) is 0 Å². The molecule has 0 heterocycles. The van der Waals surface area contributed by atoms with Crippen LogP contribution in [0.5, 0.6) is 11.5 Å². The molecule has 5 nitrogen and oxygen atoms in total. The Kier molecular flexibility index (Phi) is 4.94. The minimum absolute atomic E-state index is 0.0635. The van der Waals surface area contributed by atoms with E-state index in [-0.39, 0.29) is 22.8 Å². The maximum atomic E-state index is 12.1. The molecule has 0 amide bonds. The second-order valence-electron chi connectivity index (χ2n) is 4.70. The Hall–Kier alpha value is -3.34. The fourth-order valence-electron chi connectivity index (χ4n) is 1.89. The molecule has 0 saturated carbocycles. The second-order valence-corrected chi connectivity index (χ2v) is 4.70. The number of aliphatic carboxylic acids is 1. The van der Waals surface area contributed by atoms with Crippen LogP contribution >= 0.6 is 0 Å². The SMILES string of the molecule is O=C(O)C=Cc1ccc(C(=O)C=Cc2ccccc2O)cc1O. The average molecular weight is 310 g/mol. The highest BCUT2D eigenvalue weighted by atomic mass is 16.4. The number of carbonyl (C=O) groups excluding carboxylic acids is 1. The smallest absolute Gasteiger partial charge is 0.328 e. The Morgan fingerprint density at radius 3 is 2.13 bits per heavy atom. The van der Waals surface area contributed by atoms with Crippen LogP contribution in [0.1, 0.15) is 21.5 Å². The first kappa shape index (κ1) is 16.0. The lowest BCUT2D eigenvalue weighted by molar-refractivity contribution is -0.131. The Morgan fingerprint density at radius 1 is 0.826 bits per heavy atom. The third kappa shape index (κ3) is 4.31. The zero-order valence-electron chi connectivity index (χ0n) is 12.0. The van der Waals surface area contributed by atoms with Gasteiger partial charge in [0.15, 0.2) is 5.78 Å².